The fourth-order valence-electron chi connectivity index (χ4n) is 2.31. The Morgan fingerprint density at radius 3 is 2.50 bits per heavy atom. The minimum atomic E-state index is -0.815. The van der Waals surface area contributed by atoms with Crippen LogP contribution in [0.1, 0.15) is 72.6 Å². The summed E-state index contributed by atoms with van der Waals surface area (Å²) in [5, 5.41) is 2.46. The van der Waals surface area contributed by atoms with Gasteiger partial charge in [0, 0.05) is 6.42 Å². The van der Waals surface area contributed by atoms with Crippen LogP contribution >= 0.6 is 0 Å². The second kappa shape index (κ2) is 9.45. The van der Waals surface area contributed by atoms with Crippen LogP contribution in [-0.4, -0.2) is 29.5 Å². The zero-order valence-corrected chi connectivity index (χ0v) is 15.1. The highest BCUT2D eigenvalue weighted by molar-refractivity contribution is 5.96. The van der Waals surface area contributed by atoms with Crippen molar-refractivity contribution in [1.29, 1.82) is 0 Å². The number of nitrogens with one attached hydrogen (secondary N) is 1. The number of rotatable bonds is 5. The number of carbonyl (C=O) groups is 3. The fraction of sp³-hybridized carbons (Fsp3) is 0.722. The average molecular weight is 339 g/mol. The van der Waals surface area contributed by atoms with E-state index in [1.807, 2.05) is 6.08 Å². The number of allylic oxidation sites excluding steroid dienone is 2. The molecule has 1 N–H and O–H groups in total. The smallest absolute Gasteiger partial charge is 0.328 e. The quantitative estimate of drug-likeness (QED) is 0.615. The molecule has 0 bridgehead atoms. The molecule has 6 heteroatoms. The van der Waals surface area contributed by atoms with Crippen LogP contribution in [0.3, 0.4) is 0 Å². The predicted molar refractivity (Wildman–Crippen MR) is 89.9 cm³/mol. The van der Waals surface area contributed by atoms with E-state index in [-0.39, 0.29) is 0 Å². The van der Waals surface area contributed by atoms with Gasteiger partial charge in [0.2, 0.25) is 5.91 Å². The van der Waals surface area contributed by atoms with Crippen molar-refractivity contribution >= 4 is 17.8 Å². The van der Waals surface area contributed by atoms with Gasteiger partial charge in [0.25, 0.3) is 0 Å². The summed E-state index contributed by atoms with van der Waals surface area (Å²) in [5.74, 6) is -1.04. The third-order valence-corrected chi connectivity index (χ3v) is 3.44. The maximum atomic E-state index is 11.9. The highest BCUT2D eigenvalue weighted by Crippen LogP contribution is 2.18. The first-order valence-electron chi connectivity index (χ1n) is 8.59. The molecule has 0 aromatic carbocycles. The number of carbonyl (C=O) groups excluding carboxylic acids is 3. The van der Waals surface area contributed by atoms with Gasteiger partial charge in [-0.15, -0.1) is 0 Å². The van der Waals surface area contributed by atoms with Crippen molar-refractivity contribution in [2.24, 2.45) is 0 Å². The van der Waals surface area contributed by atoms with E-state index in [0.717, 1.165) is 32.1 Å². The maximum absolute atomic E-state index is 11.9. The van der Waals surface area contributed by atoms with Gasteiger partial charge in [0.15, 0.2) is 0 Å². The van der Waals surface area contributed by atoms with Gasteiger partial charge >= 0.3 is 11.9 Å². The molecule has 0 aromatic heterocycles. The predicted octanol–water partition coefficient (Wildman–Crippen LogP) is 3.00. The second-order valence-corrected chi connectivity index (χ2v) is 7.10. The number of hydrogen-bond acceptors (Lipinski definition) is 5. The van der Waals surface area contributed by atoms with Gasteiger partial charge in [0.1, 0.15) is 23.8 Å². The summed E-state index contributed by atoms with van der Waals surface area (Å²) < 4.78 is 10.4. The minimum Gasteiger partial charge on any atom is -0.458 e. The van der Waals surface area contributed by atoms with Crippen molar-refractivity contribution in [1.82, 2.24) is 5.32 Å². The summed E-state index contributed by atoms with van der Waals surface area (Å²) in [6, 6.07) is -0.815. The molecule has 24 heavy (non-hydrogen) atoms. The van der Waals surface area contributed by atoms with Crippen molar-refractivity contribution in [3.63, 3.8) is 0 Å². The number of ether oxygens (including phenoxy) is 2. The Morgan fingerprint density at radius 2 is 1.83 bits per heavy atom. The molecule has 0 saturated heterocycles. The molecule has 0 aliphatic heterocycles. The van der Waals surface area contributed by atoms with Crippen molar-refractivity contribution in [3.8, 4) is 0 Å². The van der Waals surface area contributed by atoms with Crippen LogP contribution in [0, 0.1) is 0 Å². The van der Waals surface area contributed by atoms with Gasteiger partial charge in [0.05, 0.1) is 0 Å². The molecule has 1 aliphatic carbocycles. The summed E-state index contributed by atoms with van der Waals surface area (Å²) >= 11 is 0. The van der Waals surface area contributed by atoms with Crippen LogP contribution in [0.5, 0.6) is 0 Å². The van der Waals surface area contributed by atoms with E-state index < -0.39 is 35.9 Å². The molecule has 1 atom stereocenters. The molecule has 1 rings (SSSR count). The molecular weight excluding hydrogens is 310 g/mol. The van der Waals surface area contributed by atoms with E-state index in [2.05, 4.69) is 5.32 Å². The zero-order valence-electron chi connectivity index (χ0n) is 15.1. The molecule has 0 aromatic rings. The zero-order chi connectivity index (χ0) is 18.2. The average Bonchev–Trinajstić information content (AvgIpc) is 2.39. The molecule has 0 saturated carbocycles. The molecule has 0 fully saturated rings. The third kappa shape index (κ3) is 8.70. The van der Waals surface area contributed by atoms with E-state index >= 15 is 0 Å². The molecule has 1 aliphatic rings. The Balaban J connectivity index is 2.40. The first-order chi connectivity index (χ1) is 11.2. The molecule has 0 radical (unpaired) electrons. The molecule has 0 spiro atoms. The minimum absolute atomic E-state index is 0.412. The van der Waals surface area contributed by atoms with Crippen LogP contribution in [-0.2, 0) is 23.9 Å². The van der Waals surface area contributed by atoms with E-state index in [1.54, 1.807) is 20.8 Å². The van der Waals surface area contributed by atoms with Crippen LogP contribution in [0.2, 0.25) is 0 Å². The fourth-order valence-corrected chi connectivity index (χ4v) is 2.31. The highest BCUT2D eigenvalue weighted by atomic mass is 16.6. The van der Waals surface area contributed by atoms with Crippen LogP contribution < -0.4 is 5.32 Å². The van der Waals surface area contributed by atoms with Crippen molar-refractivity contribution in [2.45, 2.75) is 84.3 Å². The van der Waals surface area contributed by atoms with Gasteiger partial charge in [-0.25, -0.2) is 4.79 Å². The number of esters is 2. The van der Waals surface area contributed by atoms with Crippen molar-refractivity contribution in [3.05, 3.63) is 11.8 Å². The third-order valence-electron chi connectivity index (χ3n) is 3.44. The standard InChI is InChI=1S/C18H29NO5/c1-13(17(22)24-18(2,3)4)19-15(20)12-16(21)23-14-10-8-6-5-7-9-11-14/h10,13H,5-9,11-12H2,1-4H3,(H,19,20)/b14-10+. The molecular formula is C18H29NO5. The normalized spacial score (nSPS) is 19.1. The van der Waals surface area contributed by atoms with Gasteiger partial charge < -0.3 is 14.8 Å². The van der Waals surface area contributed by atoms with Gasteiger partial charge in [-0.3, -0.25) is 9.59 Å². The summed E-state index contributed by atoms with van der Waals surface area (Å²) in [6.45, 7) is 6.77. The monoisotopic (exact) mass is 339 g/mol. The lowest BCUT2D eigenvalue weighted by molar-refractivity contribution is -0.158. The van der Waals surface area contributed by atoms with E-state index in [4.69, 9.17) is 9.47 Å². The summed E-state index contributed by atoms with van der Waals surface area (Å²) in [5.41, 5.74) is -0.625. The first kappa shape index (κ1) is 20.2. The lowest BCUT2D eigenvalue weighted by Crippen LogP contribution is -2.42. The van der Waals surface area contributed by atoms with Gasteiger partial charge in [-0.2, -0.15) is 0 Å². The second-order valence-electron chi connectivity index (χ2n) is 7.10. The van der Waals surface area contributed by atoms with Gasteiger partial charge in [-0.1, -0.05) is 12.8 Å². The lowest BCUT2D eigenvalue weighted by atomic mass is 10.1. The Hall–Kier alpha value is -1.85. The lowest BCUT2D eigenvalue weighted by Gasteiger charge is -2.22. The topological polar surface area (TPSA) is 81.7 Å². The van der Waals surface area contributed by atoms with E-state index in [1.165, 1.54) is 13.3 Å². The van der Waals surface area contributed by atoms with Crippen molar-refractivity contribution in [2.75, 3.05) is 0 Å². The summed E-state index contributed by atoms with van der Waals surface area (Å²) in [7, 11) is 0. The number of amides is 1. The number of hydrogen-bond donors (Lipinski definition) is 1. The van der Waals surface area contributed by atoms with Gasteiger partial charge in [-0.05, 0) is 53.0 Å². The molecule has 1 unspecified atom stereocenters. The highest BCUT2D eigenvalue weighted by Gasteiger charge is 2.24. The largest absolute Gasteiger partial charge is 0.458 e. The molecule has 136 valence electrons. The summed E-state index contributed by atoms with van der Waals surface area (Å²) in [4.78, 5) is 35.5. The van der Waals surface area contributed by atoms with Crippen molar-refractivity contribution < 1.29 is 23.9 Å². The Labute approximate surface area is 144 Å². The van der Waals surface area contributed by atoms with E-state index in [0.29, 0.717) is 5.76 Å². The van der Waals surface area contributed by atoms with Crippen LogP contribution in [0.15, 0.2) is 11.8 Å². The maximum Gasteiger partial charge on any atom is 0.328 e. The first-order valence-corrected chi connectivity index (χ1v) is 8.59. The Bertz CT molecular complexity index is 490. The molecule has 0 heterocycles. The SMILES string of the molecule is CC(NC(=O)CC(=O)O/C1=C/CCCCCC1)C(=O)OC(C)(C)C. The van der Waals surface area contributed by atoms with Crippen LogP contribution in [0.25, 0.3) is 0 Å². The molecule has 6 nitrogen and oxygen atoms in total. The Morgan fingerprint density at radius 1 is 1.17 bits per heavy atom. The van der Waals surface area contributed by atoms with Crippen LogP contribution in [0.4, 0.5) is 0 Å². The molecule has 1 amide bonds. The van der Waals surface area contributed by atoms with E-state index in [9.17, 15) is 14.4 Å². The summed E-state index contributed by atoms with van der Waals surface area (Å²) in [6.07, 6.45) is 7.54. The Kier molecular flexibility index (Phi) is 7.95.